The van der Waals surface area contributed by atoms with Crippen molar-refractivity contribution in [3.05, 3.63) is 35.5 Å². The Balaban J connectivity index is 1.31. The number of benzene rings is 1. The first kappa shape index (κ1) is 17.8. The van der Waals surface area contributed by atoms with Gasteiger partial charge in [0.1, 0.15) is 18.1 Å². The van der Waals surface area contributed by atoms with Crippen LogP contribution in [0, 0.1) is 12.8 Å². The minimum atomic E-state index is -0.127. The van der Waals surface area contributed by atoms with Crippen molar-refractivity contribution in [1.82, 2.24) is 19.9 Å². The zero-order valence-corrected chi connectivity index (χ0v) is 15.7. The van der Waals surface area contributed by atoms with Crippen molar-refractivity contribution in [2.45, 2.75) is 19.9 Å². The van der Waals surface area contributed by atoms with Crippen LogP contribution < -0.4 is 9.47 Å². The molecule has 144 valence electrons. The Morgan fingerprint density at radius 1 is 1.30 bits per heavy atom. The maximum atomic E-state index is 12.9. The molecule has 1 fully saturated rings. The summed E-state index contributed by atoms with van der Waals surface area (Å²) in [5.41, 5.74) is 1.06. The van der Waals surface area contributed by atoms with Gasteiger partial charge in [0.15, 0.2) is 5.82 Å². The lowest BCUT2D eigenvalue weighted by Crippen LogP contribution is -2.51. The number of amides is 1. The van der Waals surface area contributed by atoms with Gasteiger partial charge in [-0.2, -0.15) is 4.98 Å². The number of piperazine rings is 1. The summed E-state index contributed by atoms with van der Waals surface area (Å²) in [6.45, 7) is 5.89. The highest BCUT2D eigenvalue weighted by atomic mass is 16.5. The molecule has 8 nitrogen and oxygen atoms in total. The summed E-state index contributed by atoms with van der Waals surface area (Å²) in [6, 6.07) is 5.78. The van der Waals surface area contributed by atoms with Crippen LogP contribution in [0.15, 0.2) is 22.7 Å². The van der Waals surface area contributed by atoms with E-state index >= 15 is 0 Å². The number of ether oxygens (including phenoxy) is 2. The summed E-state index contributed by atoms with van der Waals surface area (Å²) >= 11 is 0. The Kier molecular flexibility index (Phi) is 4.98. The standard InChI is InChI=1S/C19H24N4O4/c1-13-20-18(21-27-13)11-22-5-7-23(8-6-22)19(24)15-9-14-3-4-16(25-2)10-17(14)26-12-15/h3-4,10,15H,5-9,11-12H2,1-2H3. The summed E-state index contributed by atoms with van der Waals surface area (Å²) in [5, 5.41) is 3.94. The fraction of sp³-hybridized carbons (Fsp3) is 0.526. The second kappa shape index (κ2) is 7.56. The molecule has 2 aromatic rings. The van der Waals surface area contributed by atoms with E-state index in [4.69, 9.17) is 14.0 Å². The summed E-state index contributed by atoms with van der Waals surface area (Å²) < 4.78 is 16.1. The second-order valence-electron chi connectivity index (χ2n) is 7.02. The number of carbonyl (C=O) groups is 1. The number of hydrogen-bond acceptors (Lipinski definition) is 7. The average Bonchev–Trinajstić information content (AvgIpc) is 3.11. The third-order valence-corrected chi connectivity index (χ3v) is 5.15. The Morgan fingerprint density at radius 3 is 2.81 bits per heavy atom. The predicted octanol–water partition coefficient (Wildman–Crippen LogP) is 1.28. The predicted molar refractivity (Wildman–Crippen MR) is 96.6 cm³/mol. The summed E-state index contributed by atoms with van der Waals surface area (Å²) in [4.78, 5) is 21.3. The molecular formula is C19H24N4O4. The van der Waals surface area contributed by atoms with E-state index in [9.17, 15) is 4.79 Å². The monoisotopic (exact) mass is 372 g/mol. The number of aryl methyl sites for hydroxylation is 1. The van der Waals surface area contributed by atoms with E-state index < -0.39 is 0 Å². The van der Waals surface area contributed by atoms with Crippen LogP contribution in [0.25, 0.3) is 0 Å². The average molecular weight is 372 g/mol. The highest BCUT2D eigenvalue weighted by Gasteiger charge is 2.31. The van der Waals surface area contributed by atoms with E-state index in [1.54, 1.807) is 14.0 Å². The van der Waals surface area contributed by atoms with E-state index in [-0.39, 0.29) is 11.8 Å². The summed E-state index contributed by atoms with van der Waals surface area (Å²) in [5.74, 6) is 2.91. The van der Waals surface area contributed by atoms with Gasteiger partial charge in [0, 0.05) is 39.2 Å². The van der Waals surface area contributed by atoms with E-state index in [0.29, 0.717) is 44.4 Å². The molecule has 2 aliphatic heterocycles. The van der Waals surface area contributed by atoms with Crippen LogP contribution in [0.5, 0.6) is 11.5 Å². The van der Waals surface area contributed by atoms with Gasteiger partial charge in [-0.15, -0.1) is 0 Å². The molecule has 0 saturated carbocycles. The van der Waals surface area contributed by atoms with Crippen LogP contribution in [0.1, 0.15) is 17.3 Å². The lowest BCUT2D eigenvalue weighted by molar-refractivity contribution is -0.138. The first-order chi connectivity index (χ1) is 13.1. The van der Waals surface area contributed by atoms with Gasteiger partial charge >= 0.3 is 0 Å². The van der Waals surface area contributed by atoms with Crippen LogP contribution in [0.2, 0.25) is 0 Å². The van der Waals surface area contributed by atoms with Crippen molar-refractivity contribution in [2.75, 3.05) is 39.9 Å². The van der Waals surface area contributed by atoms with Crippen LogP contribution in [0.3, 0.4) is 0 Å². The van der Waals surface area contributed by atoms with Gasteiger partial charge in [0.25, 0.3) is 0 Å². The molecule has 2 aliphatic rings. The minimum Gasteiger partial charge on any atom is -0.497 e. The molecule has 1 unspecified atom stereocenters. The molecular weight excluding hydrogens is 348 g/mol. The number of fused-ring (bicyclic) bond motifs is 1. The molecule has 1 aromatic carbocycles. The molecule has 0 N–H and O–H groups in total. The third-order valence-electron chi connectivity index (χ3n) is 5.15. The molecule has 27 heavy (non-hydrogen) atoms. The van der Waals surface area contributed by atoms with Crippen molar-refractivity contribution >= 4 is 5.91 Å². The van der Waals surface area contributed by atoms with Gasteiger partial charge in [-0.25, -0.2) is 0 Å². The van der Waals surface area contributed by atoms with Crippen molar-refractivity contribution in [3.63, 3.8) is 0 Å². The number of nitrogens with zero attached hydrogens (tertiary/aromatic N) is 4. The molecule has 1 saturated heterocycles. The topological polar surface area (TPSA) is 80.9 Å². The molecule has 0 bridgehead atoms. The van der Waals surface area contributed by atoms with Crippen molar-refractivity contribution in [3.8, 4) is 11.5 Å². The van der Waals surface area contributed by atoms with Gasteiger partial charge in [-0.05, 0) is 18.1 Å². The first-order valence-corrected chi connectivity index (χ1v) is 9.22. The molecule has 8 heteroatoms. The molecule has 3 heterocycles. The normalized spacial score (nSPS) is 20.1. The van der Waals surface area contributed by atoms with E-state index in [0.717, 1.165) is 30.2 Å². The maximum absolute atomic E-state index is 12.9. The Morgan fingerprint density at radius 2 is 2.11 bits per heavy atom. The second-order valence-corrected chi connectivity index (χ2v) is 7.02. The number of aromatic nitrogens is 2. The fourth-order valence-electron chi connectivity index (χ4n) is 3.63. The smallest absolute Gasteiger partial charge is 0.229 e. The van der Waals surface area contributed by atoms with Gasteiger partial charge in [0.2, 0.25) is 11.8 Å². The molecule has 4 rings (SSSR count). The van der Waals surface area contributed by atoms with Gasteiger partial charge in [-0.3, -0.25) is 9.69 Å². The van der Waals surface area contributed by atoms with Crippen molar-refractivity contribution < 1.29 is 18.8 Å². The van der Waals surface area contributed by atoms with Crippen molar-refractivity contribution in [1.29, 1.82) is 0 Å². The third kappa shape index (κ3) is 3.90. The van der Waals surface area contributed by atoms with Gasteiger partial charge in [0.05, 0.1) is 19.6 Å². The van der Waals surface area contributed by atoms with Gasteiger partial charge in [-0.1, -0.05) is 11.2 Å². The number of rotatable bonds is 4. The Hall–Kier alpha value is -2.61. The number of carbonyl (C=O) groups excluding carboxylic acids is 1. The SMILES string of the molecule is COc1ccc2c(c1)OCC(C(=O)N1CCN(Cc3noc(C)n3)CC1)C2. The first-order valence-electron chi connectivity index (χ1n) is 9.22. The molecule has 1 aromatic heterocycles. The fourth-order valence-corrected chi connectivity index (χ4v) is 3.63. The van der Waals surface area contributed by atoms with Crippen LogP contribution in [0.4, 0.5) is 0 Å². The minimum absolute atomic E-state index is 0.127. The number of methoxy groups -OCH3 is 1. The maximum Gasteiger partial charge on any atom is 0.229 e. The van der Waals surface area contributed by atoms with Crippen LogP contribution in [-0.4, -0.2) is 65.7 Å². The Labute approximate surface area is 158 Å². The van der Waals surface area contributed by atoms with E-state index in [2.05, 4.69) is 15.0 Å². The van der Waals surface area contributed by atoms with E-state index in [1.165, 1.54) is 0 Å². The summed E-state index contributed by atoms with van der Waals surface area (Å²) in [7, 11) is 1.64. The lowest BCUT2D eigenvalue weighted by atomic mass is 9.95. The Bertz CT molecular complexity index is 814. The van der Waals surface area contributed by atoms with Crippen molar-refractivity contribution in [2.24, 2.45) is 5.92 Å². The van der Waals surface area contributed by atoms with Crippen LogP contribution in [-0.2, 0) is 17.8 Å². The largest absolute Gasteiger partial charge is 0.497 e. The highest BCUT2D eigenvalue weighted by Crippen LogP contribution is 2.31. The molecule has 0 spiro atoms. The molecule has 1 amide bonds. The van der Waals surface area contributed by atoms with E-state index in [1.807, 2.05) is 23.1 Å². The zero-order chi connectivity index (χ0) is 18.8. The summed E-state index contributed by atoms with van der Waals surface area (Å²) in [6.07, 6.45) is 0.709. The lowest BCUT2D eigenvalue weighted by Gasteiger charge is -2.36. The molecule has 0 radical (unpaired) electrons. The molecule has 0 aliphatic carbocycles. The number of hydrogen-bond donors (Lipinski definition) is 0. The van der Waals surface area contributed by atoms with Crippen LogP contribution >= 0.6 is 0 Å². The highest BCUT2D eigenvalue weighted by molar-refractivity contribution is 5.80. The quantitative estimate of drug-likeness (QED) is 0.800. The van der Waals surface area contributed by atoms with Gasteiger partial charge < -0.3 is 18.9 Å². The zero-order valence-electron chi connectivity index (χ0n) is 15.7. The molecule has 1 atom stereocenters.